The standard InChI is InChI=1S/C16H18N2O3/c1-4-21-16(20)15-11(2)9-14(19)18(12(15)3)10-13-5-7-17-8-6-13/h5-9H,4,10H2,1-3H3. The number of carbonyl (C=O) groups is 1. The number of aromatic nitrogens is 2. The number of carbonyl (C=O) groups excluding carboxylic acids is 1. The molecule has 0 radical (unpaired) electrons. The van der Waals surface area contributed by atoms with Gasteiger partial charge in [0.2, 0.25) is 0 Å². The van der Waals surface area contributed by atoms with Crippen LogP contribution in [0.2, 0.25) is 0 Å². The first-order valence-corrected chi connectivity index (χ1v) is 6.81. The maximum atomic E-state index is 12.2. The lowest BCUT2D eigenvalue weighted by Gasteiger charge is -2.15. The molecule has 2 rings (SSSR count). The van der Waals surface area contributed by atoms with Crippen LogP contribution in [0.4, 0.5) is 0 Å². The monoisotopic (exact) mass is 286 g/mol. The molecule has 0 spiro atoms. The van der Waals surface area contributed by atoms with Crippen LogP contribution in [0.15, 0.2) is 35.4 Å². The molecule has 0 bridgehead atoms. The number of esters is 1. The Labute approximate surface area is 123 Å². The molecule has 0 aliphatic carbocycles. The molecule has 2 heterocycles. The fourth-order valence-corrected chi connectivity index (χ4v) is 2.30. The molecule has 0 unspecified atom stereocenters. The number of pyridine rings is 2. The van der Waals surface area contributed by atoms with Crippen LogP contribution in [0.5, 0.6) is 0 Å². The van der Waals surface area contributed by atoms with Crippen LogP contribution in [0, 0.1) is 13.8 Å². The highest BCUT2D eigenvalue weighted by molar-refractivity contribution is 5.92. The van der Waals surface area contributed by atoms with Crippen molar-refractivity contribution in [1.29, 1.82) is 0 Å². The van der Waals surface area contributed by atoms with Gasteiger partial charge < -0.3 is 9.30 Å². The Kier molecular flexibility index (Phi) is 4.52. The summed E-state index contributed by atoms with van der Waals surface area (Å²) in [5.74, 6) is -0.393. The summed E-state index contributed by atoms with van der Waals surface area (Å²) >= 11 is 0. The van der Waals surface area contributed by atoms with Crippen molar-refractivity contribution in [3.05, 3.63) is 63.3 Å². The highest BCUT2D eigenvalue weighted by Gasteiger charge is 2.17. The number of rotatable bonds is 4. The Bertz CT molecular complexity index is 705. The number of hydrogen-bond acceptors (Lipinski definition) is 4. The third kappa shape index (κ3) is 3.18. The van der Waals surface area contributed by atoms with E-state index in [1.807, 2.05) is 12.1 Å². The van der Waals surface area contributed by atoms with Gasteiger partial charge in [-0.3, -0.25) is 9.78 Å². The van der Waals surface area contributed by atoms with Gasteiger partial charge in [-0.25, -0.2) is 4.79 Å². The quantitative estimate of drug-likeness (QED) is 0.807. The minimum Gasteiger partial charge on any atom is -0.462 e. The van der Waals surface area contributed by atoms with Crippen molar-refractivity contribution in [1.82, 2.24) is 9.55 Å². The molecule has 0 aromatic carbocycles. The molecule has 0 aliphatic heterocycles. The molecular formula is C16H18N2O3. The lowest BCUT2D eigenvalue weighted by atomic mass is 10.1. The molecular weight excluding hydrogens is 268 g/mol. The molecule has 21 heavy (non-hydrogen) atoms. The van der Waals surface area contributed by atoms with Gasteiger partial charge in [0.05, 0.1) is 18.7 Å². The van der Waals surface area contributed by atoms with E-state index >= 15 is 0 Å². The summed E-state index contributed by atoms with van der Waals surface area (Å²) in [7, 11) is 0. The summed E-state index contributed by atoms with van der Waals surface area (Å²) in [5, 5.41) is 0. The van der Waals surface area contributed by atoms with Crippen molar-refractivity contribution in [3.63, 3.8) is 0 Å². The van der Waals surface area contributed by atoms with Crippen molar-refractivity contribution in [2.75, 3.05) is 6.61 Å². The van der Waals surface area contributed by atoms with Gasteiger partial charge in [0.15, 0.2) is 0 Å². The maximum Gasteiger partial charge on any atom is 0.340 e. The van der Waals surface area contributed by atoms with Crippen LogP contribution < -0.4 is 5.56 Å². The summed E-state index contributed by atoms with van der Waals surface area (Å²) < 4.78 is 6.65. The molecule has 110 valence electrons. The predicted molar refractivity (Wildman–Crippen MR) is 79.5 cm³/mol. The van der Waals surface area contributed by atoms with E-state index < -0.39 is 5.97 Å². The fourth-order valence-electron chi connectivity index (χ4n) is 2.30. The second-order valence-corrected chi connectivity index (χ2v) is 4.79. The van der Waals surface area contributed by atoms with Gasteiger partial charge >= 0.3 is 5.97 Å². The van der Waals surface area contributed by atoms with Crippen LogP contribution in [-0.2, 0) is 11.3 Å². The van der Waals surface area contributed by atoms with Crippen molar-refractivity contribution in [3.8, 4) is 0 Å². The summed E-state index contributed by atoms with van der Waals surface area (Å²) in [6, 6.07) is 5.16. The van der Waals surface area contributed by atoms with Crippen LogP contribution in [0.1, 0.15) is 34.1 Å². The van der Waals surface area contributed by atoms with Gasteiger partial charge in [-0.05, 0) is 44.0 Å². The maximum absolute atomic E-state index is 12.2. The van der Waals surface area contributed by atoms with E-state index in [1.165, 1.54) is 6.07 Å². The summed E-state index contributed by atoms with van der Waals surface area (Å²) in [4.78, 5) is 28.2. The van der Waals surface area contributed by atoms with Gasteiger partial charge in [0, 0.05) is 24.2 Å². The third-order valence-electron chi connectivity index (χ3n) is 3.34. The first-order chi connectivity index (χ1) is 10.0. The first-order valence-electron chi connectivity index (χ1n) is 6.81. The summed E-state index contributed by atoms with van der Waals surface area (Å²) in [5.41, 5.74) is 2.55. The molecule has 5 nitrogen and oxygen atoms in total. The lowest BCUT2D eigenvalue weighted by molar-refractivity contribution is 0.0523. The summed E-state index contributed by atoms with van der Waals surface area (Å²) in [6.07, 6.45) is 3.35. The smallest absolute Gasteiger partial charge is 0.340 e. The molecule has 2 aromatic heterocycles. The molecule has 0 N–H and O–H groups in total. The minimum atomic E-state index is -0.393. The van der Waals surface area contributed by atoms with Crippen LogP contribution in [-0.4, -0.2) is 22.1 Å². The molecule has 0 atom stereocenters. The second kappa shape index (κ2) is 6.35. The number of aryl methyl sites for hydroxylation is 1. The average molecular weight is 286 g/mol. The average Bonchev–Trinajstić information content (AvgIpc) is 2.44. The molecule has 0 fully saturated rings. The van der Waals surface area contributed by atoms with E-state index in [4.69, 9.17) is 4.74 Å². The molecule has 2 aromatic rings. The van der Waals surface area contributed by atoms with Gasteiger partial charge in [-0.2, -0.15) is 0 Å². The van der Waals surface area contributed by atoms with Crippen LogP contribution >= 0.6 is 0 Å². The Morgan fingerprint density at radius 1 is 1.29 bits per heavy atom. The van der Waals surface area contributed by atoms with Crippen LogP contribution in [0.25, 0.3) is 0 Å². The van der Waals surface area contributed by atoms with E-state index in [1.54, 1.807) is 37.7 Å². The van der Waals surface area contributed by atoms with Crippen molar-refractivity contribution in [2.24, 2.45) is 0 Å². The fraction of sp³-hybridized carbons (Fsp3) is 0.312. The largest absolute Gasteiger partial charge is 0.462 e. The number of nitrogens with zero attached hydrogens (tertiary/aromatic N) is 2. The van der Waals surface area contributed by atoms with Crippen molar-refractivity contribution in [2.45, 2.75) is 27.3 Å². The van der Waals surface area contributed by atoms with Gasteiger partial charge in [-0.1, -0.05) is 0 Å². The molecule has 0 amide bonds. The van der Waals surface area contributed by atoms with E-state index in [-0.39, 0.29) is 5.56 Å². The van der Waals surface area contributed by atoms with E-state index in [9.17, 15) is 9.59 Å². The Morgan fingerprint density at radius 2 is 1.95 bits per heavy atom. The molecule has 5 heteroatoms. The van der Waals surface area contributed by atoms with Gasteiger partial charge in [0.25, 0.3) is 5.56 Å². The topological polar surface area (TPSA) is 61.2 Å². The summed E-state index contributed by atoms with van der Waals surface area (Å²) in [6.45, 7) is 5.98. The Balaban J connectivity index is 2.49. The normalized spacial score (nSPS) is 10.4. The van der Waals surface area contributed by atoms with Crippen LogP contribution in [0.3, 0.4) is 0 Å². The zero-order valence-electron chi connectivity index (χ0n) is 12.4. The number of hydrogen-bond donors (Lipinski definition) is 0. The third-order valence-corrected chi connectivity index (χ3v) is 3.34. The van der Waals surface area contributed by atoms with Crippen molar-refractivity contribution < 1.29 is 9.53 Å². The molecule has 0 aliphatic rings. The van der Waals surface area contributed by atoms with Gasteiger partial charge in [0.1, 0.15) is 0 Å². The van der Waals surface area contributed by atoms with E-state index in [0.29, 0.717) is 30.0 Å². The minimum absolute atomic E-state index is 0.130. The van der Waals surface area contributed by atoms with E-state index in [2.05, 4.69) is 4.98 Å². The molecule has 0 saturated carbocycles. The van der Waals surface area contributed by atoms with E-state index in [0.717, 1.165) is 5.56 Å². The Hall–Kier alpha value is -2.43. The highest BCUT2D eigenvalue weighted by atomic mass is 16.5. The predicted octanol–water partition coefficient (Wildman–Crippen LogP) is 2.09. The first kappa shape index (κ1) is 15.0. The Morgan fingerprint density at radius 3 is 2.57 bits per heavy atom. The zero-order chi connectivity index (χ0) is 15.4. The molecule has 0 saturated heterocycles. The highest BCUT2D eigenvalue weighted by Crippen LogP contribution is 2.14. The van der Waals surface area contributed by atoms with Crippen molar-refractivity contribution >= 4 is 5.97 Å². The second-order valence-electron chi connectivity index (χ2n) is 4.79. The number of ether oxygens (including phenoxy) is 1. The zero-order valence-corrected chi connectivity index (χ0v) is 12.4. The van der Waals surface area contributed by atoms with Gasteiger partial charge in [-0.15, -0.1) is 0 Å². The lowest BCUT2D eigenvalue weighted by Crippen LogP contribution is -2.26. The SMILES string of the molecule is CCOC(=O)c1c(C)cc(=O)n(Cc2ccncc2)c1C.